The van der Waals surface area contributed by atoms with E-state index in [1.165, 1.54) is 0 Å². The molecule has 1 aromatic carbocycles. The van der Waals surface area contributed by atoms with Crippen LogP contribution in [0.3, 0.4) is 0 Å². The Hall–Kier alpha value is -0.840. The first-order chi connectivity index (χ1) is 8.04. The van der Waals surface area contributed by atoms with Crippen molar-refractivity contribution in [2.24, 2.45) is 11.7 Å². The van der Waals surface area contributed by atoms with Crippen LogP contribution in [-0.4, -0.2) is 25.2 Å². The smallest absolute Gasteiger partial charge is 0.106 e. The maximum absolute atomic E-state index is 5.91. The van der Waals surface area contributed by atoms with Gasteiger partial charge in [-0.2, -0.15) is 0 Å². The second-order valence-corrected chi connectivity index (χ2v) is 4.87. The first kappa shape index (κ1) is 14.2. The van der Waals surface area contributed by atoms with E-state index in [0.717, 1.165) is 17.8 Å². The lowest BCUT2D eigenvalue weighted by molar-refractivity contribution is 0.164. The highest BCUT2D eigenvalue weighted by atomic mass is 35.5. The molecule has 0 aliphatic carbocycles. The minimum absolute atomic E-state index is 0.342. The third-order valence-corrected chi connectivity index (χ3v) is 2.79. The minimum atomic E-state index is 0.342. The predicted octanol–water partition coefficient (Wildman–Crippen LogP) is 2.67. The van der Waals surface area contributed by atoms with Gasteiger partial charge in [0, 0.05) is 29.9 Å². The van der Waals surface area contributed by atoms with Gasteiger partial charge in [-0.05, 0) is 24.1 Å². The molecule has 0 saturated heterocycles. The van der Waals surface area contributed by atoms with E-state index in [1.807, 2.05) is 12.1 Å². The zero-order valence-electron chi connectivity index (χ0n) is 10.00. The zero-order valence-corrected chi connectivity index (χ0v) is 11.6. The van der Waals surface area contributed by atoms with Crippen LogP contribution in [0.1, 0.15) is 12.5 Å². The van der Waals surface area contributed by atoms with Gasteiger partial charge in [0.1, 0.15) is 4.99 Å². The average molecular weight is 273 g/mol. The lowest BCUT2D eigenvalue weighted by atomic mass is 10.1. The molecule has 1 atom stereocenters. The quantitative estimate of drug-likeness (QED) is 0.782. The van der Waals surface area contributed by atoms with Crippen LogP contribution in [0, 0.1) is 5.92 Å². The largest absolute Gasteiger partial charge is 0.389 e. The summed E-state index contributed by atoms with van der Waals surface area (Å²) in [5, 5.41) is 3.93. The van der Waals surface area contributed by atoms with E-state index in [0.29, 0.717) is 22.5 Å². The highest BCUT2D eigenvalue weighted by molar-refractivity contribution is 7.80. The van der Waals surface area contributed by atoms with Gasteiger partial charge in [-0.25, -0.2) is 0 Å². The van der Waals surface area contributed by atoms with Crippen molar-refractivity contribution in [2.75, 3.05) is 25.6 Å². The molecular weight excluding hydrogens is 256 g/mol. The summed E-state index contributed by atoms with van der Waals surface area (Å²) in [6.45, 7) is 3.61. The van der Waals surface area contributed by atoms with Gasteiger partial charge in [0.25, 0.3) is 0 Å². The maximum Gasteiger partial charge on any atom is 0.106 e. The first-order valence-electron chi connectivity index (χ1n) is 5.36. The van der Waals surface area contributed by atoms with E-state index in [4.69, 9.17) is 34.3 Å². The SMILES string of the molecule is COCC(C)CNc1ccc(Cl)cc1C(N)=S. The number of hydrogen-bond acceptors (Lipinski definition) is 3. The van der Waals surface area contributed by atoms with Gasteiger partial charge in [0.2, 0.25) is 0 Å². The third kappa shape index (κ3) is 4.50. The Morgan fingerprint density at radius 3 is 2.88 bits per heavy atom. The normalized spacial score (nSPS) is 12.2. The number of rotatable bonds is 6. The molecule has 5 heteroatoms. The number of nitrogens with one attached hydrogen (secondary N) is 1. The van der Waals surface area contributed by atoms with Crippen LogP contribution in [0.25, 0.3) is 0 Å². The fraction of sp³-hybridized carbons (Fsp3) is 0.417. The number of thiocarbonyl (C=S) groups is 1. The number of nitrogens with two attached hydrogens (primary N) is 1. The summed E-state index contributed by atoms with van der Waals surface area (Å²) in [5.41, 5.74) is 7.34. The van der Waals surface area contributed by atoms with Gasteiger partial charge in [-0.15, -0.1) is 0 Å². The molecule has 1 unspecified atom stereocenters. The fourth-order valence-electron chi connectivity index (χ4n) is 1.50. The Labute approximate surface area is 112 Å². The average Bonchev–Trinajstić information content (AvgIpc) is 2.27. The van der Waals surface area contributed by atoms with E-state index in [2.05, 4.69) is 12.2 Å². The molecule has 0 amide bonds. The Balaban J connectivity index is 2.73. The number of methoxy groups -OCH3 is 1. The lowest BCUT2D eigenvalue weighted by Gasteiger charge is -2.15. The molecule has 0 heterocycles. The second kappa shape index (κ2) is 6.79. The van der Waals surface area contributed by atoms with E-state index < -0.39 is 0 Å². The fourth-order valence-corrected chi connectivity index (χ4v) is 1.84. The van der Waals surface area contributed by atoms with Crippen molar-refractivity contribution in [1.82, 2.24) is 0 Å². The molecule has 17 heavy (non-hydrogen) atoms. The minimum Gasteiger partial charge on any atom is -0.389 e. The summed E-state index contributed by atoms with van der Waals surface area (Å²) < 4.78 is 5.08. The van der Waals surface area contributed by atoms with Crippen molar-refractivity contribution in [1.29, 1.82) is 0 Å². The van der Waals surface area contributed by atoms with Crippen LogP contribution in [-0.2, 0) is 4.74 Å². The number of halogens is 1. The molecule has 3 nitrogen and oxygen atoms in total. The van der Waals surface area contributed by atoms with Crippen molar-refractivity contribution in [3.05, 3.63) is 28.8 Å². The number of benzene rings is 1. The molecule has 0 aromatic heterocycles. The second-order valence-electron chi connectivity index (χ2n) is 4.00. The summed E-state index contributed by atoms with van der Waals surface area (Å²) in [4.78, 5) is 0.342. The van der Waals surface area contributed by atoms with Crippen LogP contribution in [0.15, 0.2) is 18.2 Å². The summed E-state index contributed by atoms with van der Waals surface area (Å²) in [5.74, 6) is 0.412. The van der Waals surface area contributed by atoms with Gasteiger partial charge >= 0.3 is 0 Å². The lowest BCUT2D eigenvalue weighted by Crippen LogP contribution is -2.19. The highest BCUT2D eigenvalue weighted by Gasteiger charge is 2.07. The Morgan fingerprint density at radius 1 is 1.59 bits per heavy atom. The maximum atomic E-state index is 5.91. The molecule has 0 radical (unpaired) electrons. The van der Waals surface area contributed by atoms with Crippen molar-refractivity contribution in [3.63, 3.8) is 0 Å². The van der Waals surface area contributed by atoms with Crippen LogP contribution in [0.4, 0.5) is 5.69 Å². The molecule has 0 aliphatic rings. The highest BCUT2D eigenvalue weighted by Crippen LogP contribution is 2.20. The van der Waals surface area contributed by atoms with Crippen molar-refractivity contribution >= 4 is 34.5 Å². The summed E-state index contributed by atoms with van der Waals surface area (Å²) in [6.07, 6.45) is 0. The van der Waals surface area contributed by atoms with Crippen LogP contribution >= 0.6 is 23.8 Å². The van der Waals surface area contributed by atoms with Gasteiger partial charge in [-0.3, -0.25) is 0 Å². The molecule has 0 saturated carbocycles. The molecule has 94 valence electrons. The molecular formula is C12H17ClN2OS. The standard InChI is InChI=1S/C12H17ClN2OS/c1-8(7-16-2)6-15-11-4-3-9(13)5-10(11)12(14)17/h3-5,8,15H,6-7H2,1-2H3,(H2,14,17). The van der Waals surface area contributed by atoms with E-state index >= 15 is 0 Å². The van der Waals surface area contributed by atoms with Crippen molar-refractivity contribution < 1.29 is 4.74 Å². The van der Waals surface area contributed by atoms with Crippen LogP contribution in [0.2, 0.25) is 5.02 Å². The predicted molar refractivity (Wildman–Crippen MR) is 76.9 cm³/mol. The molecule has 1 aromatic rings. The number of anilines is 1. The number of ether oxygens (including phenoxy) is 1. The zero-order chi connectivity index (χ0) is 12.8. The molecule has 0 spiro atoms. The molecule has 0 aliphatic heterocycles. The first-order valence-corrected chi connectivity index (χ1v) is 6.15. The van der Waals surface area contributed by atoms with Gasteiger partial charge in [0.05, 0.1) is 6.61 Å². The molecule has 0 bridgehead atoms. The topological polar surface area (TPSA) is 47.3 Å². The summed E-state index contributed by atoms with van der Waals surface area (Å²) in [6, 6.07) is 5.47. The Bertz CT molecular complexity index is 398. The van der Waals surface area contributed by atoms with Gasteiger partial charge < -0.3 is 15.8 Å². The monoisotopic (exact) mass is 272 g/mol. The van der Waals surface area contributed by atoms with E-state index in [1.54, 1.807) is 13.2 Å². The molecule has 3 N–H and O–H groups in total. The Kier molecular flexibility index (Phi) is 5.68. The third-order valence-electron chi connectivity index (χ3n) is 2.34. The molecule has 1 rings (SSSR count). The Morgan fingerprint density at radius 2 is 2.29 bits per heavy atom. The van der Waals surface area contributed by atoms with Crippen LogP contribution < -0.4 is 11.1 Å². The summed E-state index contributed by atoms with van der Waals surface area (Å²) >= 11 is 10.9. The van der Waals surface area contributed by atoms with Crippen molar-refractivity contribution in [2.45, 2.75) is 6.92 Å². The van der Waals surface area contributed by atoms with E-state index in [-0.39, 0.29) is 0 Å². The van der Waals surface area contributed by atoms with Crippen LogP contribution in [0.5, 0.6) is 0 Å². The van der Waals surface area contributed by atoms with Crippen molar-refractivity contribution in [3.8, 4) is 0 Å². The molecule has 0 fully saturated rings. The van der Waals surface area contributed by atoms with E-state index in [9.17, 15) is 0 Å². The summed E-state index contributed by atoms with van der Waals surface area (Å²) in [7, 11) is 1.69. The number of hydrogen-bond donors (Lipinski definition) is 2. The van der Waals surface area contributed by atoms with Gasteiger partial charge in [-0.1, -0.05) is 30.7 Å². The van der Waals surface area contributed by atoms with Gasteiger partial charge in [0.15, 0.2) is 0 Å².